The van der Waals surface area contributed by atoms with Crippen molar-refractivity contribution in [3.8, 4) is 17.6 Å². The topological polar surface area (TPSA) is 86.2 Å². The van der Waals surface area contributed by atoms with Crippen LogP contribution in [-0.2, 0) is 19.5 Å². The Bertz CT molecular complexity index is 950. The van der Waals surface area contributed by atoms with Crippen LogP contribution in [0.25, 0.3) is 0 Å². The molecule has 1 aromatic carbocycles. The SMILES string of the molecule is COc1ccc(OC)c(Cn2c(=O)c(C#N)c3n(c2=O)CCC3)c1. The molecule has 124 valence electrons. The maximum atomic E-state index is 12.7. The molecule has 0 atom stereocenters. The molecule has 7 heteroatoms. The fourth-order valence-corrected chi connectivity index (χ4v) is 3.06. The van der Waals surface area contributed by atoms with E-state index in [1.165, 1.54) is 18.8 Å². The van der Waals surface area contributed by atoms with Crippen molar-refractivity contribution in [1.82, 2.24) is 9.13 Å². The highest BCUT2D eigenvalue weighted by molar-refractivity contribution is 5.41. The van der Waals surface area contributed by atoms with E-state index in [0.29, 0.717) is 35.7 Å². The van der Waals surface area contributed by atoms with Crippen LogP contribution in [0.5, 0.6) is 11.5 Å². The Labute approximate surface area is 138 Å². The van der Waals surface area contributed by atoms with Crippen LogP contribution >= 0.6 is 0 Å². The lowest BCUT2D eigenvalue weighted by Crippen LogP contribution is -2.42. The van der Waals surface area contributed by atoms with Gasteiger partial charge in [-0.3, -0.25) is 13.9 Å². The van der Waals surface area contributed by atoms with E-state index >= 15 is 0 Å². The van der Waals surface area contributed by atoms with Gasteiger partial charge in [0.25, 0.3) is 5.56 Å². The lowest BCUT2D eigenvalue weighted by atomic mass is 10.1. The molecule has 24 heavy (non-hydrogen) atoms. The van der Waals surface area contributed by atoms with Crippen molar-refractivity contribution in [2.45, 2.75) is 25.9 Å². The second-order valence-corrected chi connectivity index (χ2v) is 5.54. The normalized spacial score (nSPS) is 12.5. The summed E-state index contributed by atoms with van der Waals surface area (Å²) in [6.07, 6.45) is 1.34. The van der Waals surface area contributed by atoms with Crippen LogP contribution in [0.2, 0.25) is 0 Å². The first-order chi connectivity index (χ1) is 11.6. The molecule has 0 fully saturated rings. The van der Waals surface area contributed by atoms with Gasteiger partial charge in [-0.25, -0.2) is 4.79 Å². The number of fused-ring (bicyclic) bond motifs is 1. The van der Waals surface area contributed by atoms with Crippen LogP contribution in [0.3, 0.4) is 0 Å². The zero-order valence-corrected chi connectivity index (χ0v) is 13.5. The summed E-state index contributed by atoms with van der Waals surface area (Å²) in [5.41, 5.74) is 0.283. The van der Waals surface area contributed by atoms with Crippen molar-refractivity contribution < 1.29 is 9.47 Å². The average molecular weight is 327 g/mol. The van der Waals surface area contributed by atoms with Crippen LogP contribution < -0.4 is 20.7 Å². The predicted octanol–water partition coefficient (Wildman–Crippen LogP) is 0.893. The number of ether oxygens (including phenoxy) is 2. The maximum Gasteiger partial charge on any atom is 0.331 e. The highest BCUT2D eigenvalue weighted by Gasteiger charge is 2.23. The molecule has 2 heterocycles. The number of benzene rings is 1. The van der Waals surface area contributed by atoms with Gasteiger partial charge in [-0.15, -0.1) is 0 Å². The molecule has 3 rings (SSSR count). The number of hydrogen-bond acceptors (Lipinski definition) is 5. The van der Waals surface area contributed by atoms with E-state index in [-0.39, 0.29) is 12.1 Å². The smallest absolute Gasteiger partial charge is 0.331 e. The quantitative estimate of drug-likeness (QED) is 0.832. The molecule has 0 N–H and O–H groups in total. The van der Waals surface area contributed by atoms with Crippen LogP contribution in [0.1, 0.15) is 23.2 Å². The number of rotatable bonds is 4. The van der Waals surface area contributed by atoms with Gasteiger partial charge in [0.15, 0.2) is 0 Å². The molecule has 0 amide bonds. The zero-order chi connectivity index (χ0) is 17.3. The van der Waals surface area contributed by atoms with Gasteiger partial charge in [-0.1, -0.05) is 0 Å². The molecule has 0 saturated heterocycles. The van der Waals surface area contributed by atoms with Gasteiger partial charge in [-0.05, 0) is 31.0 Å². The highest BCUT2D eigenvalue weighted by Crippen LogP contribution is 2.24. The Morgan fingerprint density at radius 1 is 1.25 bits per heavy atom. The van der Waals surface area contributed by atoms with Crippen LogP contribution in [-0.4, -0.2) is 23.4 Å². The van der Waals surface area contributed by atoms with E-state index in [2.05, 4.69) is 0 Å². The summed E-state index contributed by atoms with van der Waals surface area (Å²) in [4.78, 5) is 25.2. The van der Waals surface area contributed by atoms with E-state index < -0.39 is 11.2 Å². The Morgan fingerprint density at radius 2 is 2.04 bits per heavy atom. The largest absolute Gasteiger partial charge is 0.497 e. The second-order valence-electron chi connectivity index (χ2n) is 5.54. The minimum absolute atomic E-state index is 0.0208. The Kier molecular flexibility index (Phi) is 4.13. The fourth-order valence-electron chi connectivity index (χ4n) is 3.06. The molecular weight excluding hydrogens is 310 g/mol. The third-order valence-electron chi connectivity index (χ3n) is 4.26. The molecule has 0 spiro atoms. The van der Waals surface area contributed by atoms with Gasteiger partial charge in [0.2, 0.25) is 0 Å². The van der Waals surface area contributed by atoms with Crippen LogP contribution in [0.15, 0.2) is 27.8 Å². The molecule has 2 aromatic rings. The van der Waals surface area contributed by atoms with E-state index in [0.717, 1.165) is 11.0 Å². The number of methoxy groups -OCH3 is 2. The van der Waals surface area contributed by atoms with Crippen molar-refractivity contribution in [2.75, 3.05) is 14.2 Å². The summed E-state index contributed by atoms with van der Waals surface area (Å²) < 4.78 is 13.1. The number of nitriles is 1. The first-order valence-electron chi connectivity index (χ1n) is 7.58. The lowest BCUT2D eigenvalue weighted by Gasteiger charge is -2.14. The van der Waals surface area contributed by atoms with Gasteiger partial charge in [0.1, 0.15) is 23.1 Å². The molecule has 0 saturated carbocycles. The van der Waals surface area contributed by atoms with Gasteiger partial charge in [0.05, 0.1) is 20.8 Å². The molecule has 1 aliphatic heterocycles. The number of aromatic nitrogens is 2. The summed E-state index contributed by atoms with van der Waals surface area (Å²) in [7, 11) is 3.06. The molecule has 0 aliphatic carbocycles. The molecule has 0 bridgehead atoms. The summed E-state index contributed by atoms with van der Waals surface area (Å²) in [6.45, 7) is 0.547. The van der Waals surface area contributed by atoms with E-state index in [1.54, 1.807) is 18.2 Å². The van der Waals surface area contributed by atoms with Gasteiger partial charge in [0, 0.05) is 17.8 Å². The molecule has 0 radical (unpaired) electrons. The van der Waals surface area contributed by atoms with E-state index in [9.17, 15) is 14.9 Å². The van der Waals surface area contributed by atoms with E-state index in [1.807, 2.05) is 6.07 Å². The Morgan fingerprint density at radius 3 is 2.71 bits per heavy atom. The first-order valence-corrected chi connectivity index (χ1v) is 7.58. The molecule has 1 aliphatic rings. The molecular formula is C17H17N3O4. The highest BCUT2D eigenvalue weighted by atomic mass is 16.5. The zero-order valence-electron chi connectivity index (χ0n) is 13.5. The van der Waals surface area contributed by atoms with E-state index in [4.69, 9.17) is 9.47 Å². The summed E-state index contributed by atoms with van der Waals surface area (Å²) in [6, 6.07) is 7.12. The average Bonchev–Trinajstić information content (AvgIpc) is 3.08. The number of nitrogens with zero attached hydrogens (tertiary/aromatic N) is 3. The standard InChI is InChI=1S/C17H17N3O4/c1-23-12-5-6-15(24-2)11(8-12)10-20-16(21)13(9-18)14-4-3-7-19(14)17(20)22/h5-6,8H,3-4,7,10H2,1-2H3. The summed E-state index contributed by atoms with van der Waals surface area (Å²) in [5.74, 6) is 1.15. The fraction of sp³-hybridized carbons (Fsp3) is 0.353. The van der Waals surface area contributed by atoms with Crippen LogP contribution in [0, 0.1) is 11.3 Å². The monoisotopic (exact) mass is 327 g/mol. The lowest BCUT2D eigenvalue weighted by molar-refractivity contribution is 0.396. The summed E-state index contributed by atoms with van der Waals surface area (Å²) in [5, 5.41) is 9.32. The van der Waals surface area contributed by atoms with Crippen molar-refractivity contribution in [2.24, 2.45) is 0 Å². The molecule has 7 nitrogen and oxygen atoms in total. The predicted molar refractivity (Wildman–Crippen MR) is 86.6 cm³/mol. The minimum atomic E-state index is -0.555. The van der Waals surface area contributed by atoms with Gasteiger partial charge >= 0.3 is 5.69 Å². The minimum Gasteiger partial charge on any atom is -0.497 e. The third kappa shape index (κ3) is 2.46. The summed E-state index contributed by atoms with van der Waals surface area (Å²) >= 11 is 0. The molecule has 1 aromatic heterocycles. The molecule has 0 unspecified atom stereocenters. The first kappa shape index (κ1) is 15.9. The third-order valence-corrected chi connectivity index (χ3v) is 4.26. The van der Waals surface area contributed by atoms with Crippen molar-refractivity contribution in [3.63, 3.8) is 0 Å². The van der Waals surface area contributed by atoms with Crippen LogP contribution in [0.4, 0.5) is 0 Å². The van der Waals surface area contributed by atoms with Crippen molar-refractivity contribution >= 4 is 0 Å². The van der Waals surface area contributed by atoms with Gasteiger partial charge in [-0.2, -0.15) is 5.26 Å². The Hall–Kier alpha value is -3.01. The van der Waals surface area contributed by atoms with Gasteiger partial charge < -0.3 is 9.47 Å². The van der Waals surface area contributed by atoms with Crippen molar-refractivity contribution in [1.29, 1.82) is 5.26 Å². The van der Waals surface area contributed by atoms with Crippen molar-refractivity contribution in [3.05, 3.63) is 55.9 Å². The Balaban J connectivity index is 2.18. The maximum absolute atomic E-state index is 12.7. The second kappa shape index (κ2) is 6.24. The number of hydrogen-bond donors (Lipinski definition) is 0.